The van der Waals surface area contributed by atoms with E-state index in [-0.39, 0.29) is 16.1 Å². The van der Waals surface area contributed by atoms with Crippen LogP contribution in [0.1, 0.15) is 19.9 Å². The number of nitrogens with one attached hydrogen (secondary N) is 1. The van der Waals surface area contributed by atoms with Crippen LogP contribution in [0, 0.1) is 10.1 Å². The molecule has 1 aromatic rings. The molecule has 1 amide bonds. The van der Waals surface area contributed by atoms with Crippen molar-refractivity contribution in [1.82, 2.24) is 9.88 Å². The van der Waals surface area contributed by atoms with Gasteiger partial charge in [-0.2, -0.15) is 0 Å². The average Bonchev–Trinajstić information content (AvgIpc) is 2.31. The van der Waals surface area contributed by atoms with Gasteiger partial charge in [0, 0.05) is 12.6 Å². The zero-order chi connectivity index (χ0) is 13.9. The molecule has 98 valence electrons. The van der Waals surface area contributed by atoms with Crippen molar-refractivity contribution in [2.24, 2.45) is 0 Å². The molecule has 1 rings (SSSR count). The highest BCUT2D eigenvalue weighted by molar-refractivity contribution is 9.10. The van der Waals surface area contributed by atoms with Gasteiger partial charge >= 0.3 is 0 Å². The number of aromatic nitrogens is 1. The zero-order valence-corrected chi connectivity index (χ0v) is 11.4. The van der Waals surface area contributed by atoms with Gasteiger partial charge in [-0.1, -0.05) is 0 Å². The van der Waals surface area contributed by atoms with Crippen LogP contribution >= 0.6 is 15.9 Å². The van der Waals surface area contributed by atoms with Crippen LogP contribution in [0.3, 0.4) is 0 Å². The van der Waals surface area contributed by atoms with E-state index in [1.807, 2.05) is 0 Å². The van der Waals surface area contributed by atoms with Crippen molar-refractivity contribution in [1.29, 1.82) is 0 Å². The first-order valence-electron chi connectivity index (χ1n) is 5.22. The van der Waals surface area contributed by atoms with Gasteiger partial charge in [-0.3, -0.25) is 24.3 Å². The fourth-order valence-corrected chi connectivity index (χ4v) is 1.83. The van der Waals surface area contributed by atoms with Crippen LogP contribution in [0.15, 0.2) is 21.5 Å². The summed E-state index contributed by atoms with van der Waals surface area (Å²) >= 11 is 2.95. The third-order valence-electron chi connectivity index (χ3n) is 2.34. The SMILES string of the molecule is CCNC(=O)C(C)n1cc([N+](=O)[O-])cc(Br)c1=O. The Balaban J connectivity index is 3.27. The van der Waals surface area contributed by atoms with Crippen molar-refractivity contribution >= 4 is 27.5 Å². The highest BCUT2D eigenvalue weighted by Gasteiger charge is 2.20. The third kappa shape index (κ3) is 2.95. The third-order valence-corrected chi connectivity index (χ3v) is 2.91. The topological polar surface area (TPSA) is 94.2 Å². The molecule has 7 nitrogen and oxygen atoms in total. The lowest BCUT2D eigenvalue weighted by atomic mass is 10.3. The van der Waals surface area contributed by atoms with Gasteiger partial charge in [-0.25, -0.2) is 0 Å². The molecule has 0 saturated heterocycles. The number of nitro groups is 1. The number of halogens is 1. The molecule has 0 radical (unpaired) electrons. The maximum Gasteiger partial charge on any atom is 0.286 e. The average molecular weight is 318 g/mol. The second kappa shape index (κ2) is 5.76. The van der Waals surface area contributed by atoms with Crippen molar-refractivity contribution in [2.75, 3.05) is 6.54 Å². The second-order valence-corrected chi connectivity index (χ2v) is 4.44. The Hall–Kier alpha value is -1.70. The molecule has 1 N–H and O–H groups in total. The van der Waals surface area contributed by atoms with Crippen LogP contribution in [0.2, 0.25) is 0 Å². The van der Waals surface area contributed by atoms with Crippen LogP contribution in [-0.2, 0) is 4.79 Å². The largest absolute Gasteiger partial charge is 0.355 e. The molecule has 0 bridgehead atoms. The summed E-state index contributed by atoms with van der Waals surface area (Å²) in [6, 6.07) is 0.303. The Morgan fingerprint density at radius 3 is 2.78 bits per heavy atom. The number of carbonyl (C=O) groups is 1. The summed E-state index contributed by atoms with van der Waals surface area (Å²) in [6.45, 7) is 3.67. The molecule has 0 saturated carbocycles. The summed E-state index contributed by atoms with van der Waals surface area (Å²) in [5, 5.41) is 13.3. The molecule has 8 heteroatoms. The molecule has 0 aromatic carbocycles. The fourth-order valence-electron chi connectivity index (χ4n) is 1.39. The van der Waals surface area contributed by atoms with E-state index in [1.165, 1.54) is 6.92 Å². The Morgan fingerprint density at radius 2 is 2.28 bits per heavy atom. The predicted octanol–water partition coefficient (Wildman–Crippen LogP) is 1.22. The number of likely N-dealkylation sites (N-methyl/N-ethyl adjacent to an activating group) is 1. The standard InChI is InChI=1S/C10H12BrN3O4/c1-3-12-9(15)6(2)13-5-7(14(17)18)4-8(11)10(13)16/h4-6H,3H2,1-2H3,(H,12,15). The highest BCUT2D eigenvalue weighted by atomic mass is 79.9. The second-order valence-electron chi connectivity index (χ2n) is 3.59. The maximum absolute atomic E-state index is 11.8. The smallest absolute Gasteiger partial charge is 0.286 e. The molecular formula is C10H12BrN3O4. The van der Waals surface area contributed by atoms with Crippen molar-refractivity contribution in [3.63, 3.8) is 0 Å². The molecule has 1 aromatic heterocycles. The summed E-state index contributed by atoms with van der Waals surface area (Å²) in [7, 11) is 0. The molecule has 1 unspecified atom stereocenters. The van der Waals surface area contributed by atoms with Crippen molar-refractivity contribution in [3.8, 4) is 0 Å². The first-order chi connectivity index (χ1) is 8.38. The Kier molecular flexibility index (Phi) is 4.60. The Bertz CT molecular complexity index is 540. The number of hydrogen-bond acceptors (Lipinski definition) is 4. The fraction of sp³-hybridized carbons (Fsp3) is 0.400. The summed E-state index contributed by atoms with van der Waals surface area (Å²) in [4.78, 5) is 33.5. The summed E-state index contributed by atoms with van der Waals surface area (Å²) < 4.78 is 1.08. The lowest BCUT2D eigenvalue weighted by molar-refractivity contribution is -0.385. The van der Waals surface area contributed by atoms with Gasteiger partial charge < -0.3 is 5.32 Å². The van der Waals surface area contributed by atoms with Gasteiger partial charge in [0.15, 0.2) is 0 Å². The summed E-state index contributed by atoms with van der Waals surface area (Å²) in [5.74, 6) is -0.369. The number of pyridine rings is 1. The molecule has 1 heterocycles. The summed E-state index contributed by atoms with van der Waals surface area (Å²) in [6.07, 6.45) is 1.06. The number of hydrogen-bond donors (Lipinski definition) is 1. The van der Waals surface area contributed by atoms with Gasteiger partial charge in [0.1, 0.15) is 6.04 Å². The molecule has 18 heavy (non-hydrogen) atoms. The van der Waals surface area contributed by atoms with Crippen LogP contribution < -0.4 is 10.9 Å². The van der Waals surface area contributed by atoms with Gasteiger partial charge in [0.25, 0.3) is 11.2 Å². The number of rotatable bonds is 4. The minimum atomic E-state index is -0.811. The van der Waals surface area contributed by atoms with E-state index in [0.29, 0.717) is 6.54 Å². The van der Waals surface area contributed by atoms with Crippen LogP contribution in [0.25, 0.3) is 0 Å². The molecule has 0 fully saturated rings. The number of carbonyl (C=O) groups excluding carboxylic acids is 1. The van der Waals surface area contributed by atoms with E-state index in [0.717, 1.165) is 16.8 Å². The Labute approximate surface area is 111 Å². The minimum absolute atomic E-state index is 0.0489. The number of nitrogens with zero attached hydrogens (tertiary/aromatic N) is 2. The van der Waals surface area contributed by atoms with E-state index in [4.69, 9.17) is 0 Å². The van der Waals surface area contributed by atoms with Crippen molar-refractivity contribution < 1.29 is 9.72 Å². The van der Waals surface area contributed by atoms with Gasteiger partial charge in [0.2, 0.25) is 5.91 Å². The minimum Gasteiger partial charge on any atom is -0.355 e. The first-order valence-corrected chi connectivity index (χ1v) is 6.01. The zero-order valence-electron chi connectivity index (χ0n) is 9.84. The molecule has 0 aliphatic rings. The maximum atomic E-state index is 11.8. The molecule has 0 aliphatic heterocycles. The normalized spacial score (nSPS) is 11.9. The summed E-state index contributed by atoms with van der Waals surface area (Å²) in [5.41, 5.74) is -0.739. The van der Waals surface area contributed by atoms with Crippen molar-refractivity contribution in [2.45, 2.75) is 19.9 Å². The van der Waals surface area contributed by atoms with Gasteiger partial charge in [-0.15, -0.1) is 0 Å². The van der Waals surface area contributed by atoms with Crippen LogP contribution in [0.5, 0.6) is 0 Å². The monoisotopic (exact) mass is 317 g/mol. The van der Waals surface area contributed by atoms with Gasteiger partial charge in [0.05, 0.1) is 15.6 Å². The quantitative estimate of drug-likeness (QED) is 0.667. The first kappa shape index (κ1) is 14.4. The van der Waals surface area contributed by atoms with E-state index in [9.17, 15) is 19.7 Å². The van der Waals surface area contributed by atoms with E-state index in [2.05, 4.69) is 21.2 Å². The molecule has 0 aliphatic carbocycles. The Morgan fingerprint density at radius 1 is 1.67 bits per heavy atom. The van der Waals surface area contributed by atoms with Gasteiger partial charge in [-0.05, 0) is 29.8 Å². The van der Waals surface area contributed by atoms with E-state index in [1.54, 1.807) is 6.92 Å². The van der Waals surface area contributed by atoms with Crippen LogP contribution in [0.4, 0.5) is 5.69 Å². The van der Waals surface area contributed by atoms with E-state index < -0.39 is 16.5 Å². The lowest BCUT2D eigenvalue weighted by Crippen LogP contribution is -2.35. The molecule has 0 spiro atoms. The number of amides is 1. The molecular weight excluding hydrogens is 306 g/mol. The van der Waals surface area contributed by atoms with Crippen molar-refractivity contribution in [3.05, 3.63) is 37.2 Å². The lowest BCUT2D eigenvalue weighted by Gasteiger charge is -2.14. The molecule has 1 atom stereocenters. The van der Waals surface area contributed by atoms with E-state index >= 15 is 0 Å². The predicted molar refractivity (Wildman–Crippen MR) is 68.5 cm³/mol. The van der Waals surface area contributed by atoms with Crippen LogP contribution in [-0.4, -0.2) is 21.9 Å². The highest BCUT2D eigenvalue weighted by Crippen LogP contribution is 2.16.